The van der Waals surface area contributed by atoms with E-state index in [1.54, 1.807) is 0 Å². The van der Waals surface area contributed by atoms with Crippen LogP contribution in [-0.4, -0.2) is 51.3 Å². The number of aromatic nitrogens is 2. The number of amides is 2. The number of urea groups is 1. The van der Waals surface area contributed by atoms with Crippen LogP contribution in [-0.2, 0) is 6.54 Å². The summed E-state index contributed by atoms with van der Waals surface area (Å²) in [6, 6.07) is 0.0837. The minimum atomic E-state index is 0.0837. The number of carbonyl (C=O) groups excluding carboxylic acids is 1. The summed E-state index contributed by atoms with van der Waals surface area (Å²) in [6.07, 6.45) is 5.92. The number of thioether (sulfide) groups is 1. The molecule has 1 atom stereocenters. The molecule has 1 saturated heterocycles. The molecule has 2 heterocycles. The predicted molar refractivity (Wildman–Crippen MR) is 83.1 cm³/mol. The van der Waals surface area contributed by atoms with Crippen LogP contribution in [0.25, 0.3) is 0 Å². The number of carbonyl (C=O) groups is 1. The van der Waals surface area contributed by atoms with E-state index >= 15 is 0 Å². The van der Waals surface area contributed by atoms with Gasteiger partial charge in [-0.3, -0.25) is 4.68 Å². The quantitative estimate of drug-likeness (QED) is 0.847. The minimum Gasteiger partial charge on any atom is -0.338 e. The molecule has 2 amide bonds. The van der Waals surface area contributed by atoms with E-state index in [4.69, 9.17) is 0 Å². The van der Waals surface area contributed by atoms with Crippen molar-refractivity contribution < 1.29 is 4.79 Å². The average molecular weight is 296 g/mol. The standard InChI is InChI=1S/C14H24N4OS/c1-3-13-11-17(7-8-20-13)14(19)15-5-4-6-18-10-12(2)9-16-18/h9-10,13H,3-8,11H2,1-2H3,(H,15,19)/t13-/m0/s1. The first-order valence-electron chi connectivity index (χ1n) is 7.32. The average Bonchev–Trinajstić information content (AvgIpc) is 2.89. The fourth-order valence-electron chi connectivity index (χ4n) is 2.29. The molecular formula is C14H24N4OS. The molecule has 1 aliphatic heterocycles. The first-order chi connectivity index (χ1) is 9.69. The van der Waals surface area contributed by atoms with Gasteiger partial charge in [0.15, 0.2) is 0 Å². The third-order valence-corrected chi connectivity index (χ3v) is 4.86. The number of nitrogens with one attached hydrogen (secondary N) is 1. The lowest BCUT2D eigenvalue weighted by Crippen LogP contribution is -2.47. The van der Waals surface area contributed by atoms with Crippen LogP contribution in [0.3, 0.4) is 0 Å². The smallest absolute Gasteiger partial charge is 0.317 e. The van der Waals surface area contributed by atoms with Crippen molar-refractivity contribution in [3.05, 3.63) is 18.0 Å². The van der Waals surface area contributed by atoms with Crippen molar-refractivity contribution in [3.8, 4) is 0 Å². The zero-order valence-corrected chi connectivity index (χ0v) is 13.2. The Morgan fingerprint density at radius 2 is 2.45 bits per heavy atom. The molecule has 0 radical (unpaired) electrons. The van der Waals surface area contributed by atoms with Crippen molar-refractivity contribution in [2.45, 2.75) is 38.5 Å². The lowest BCUT2D eigenvalue weighted by atomic mass is 10.3. The van der Waals surface area contributed by atoms with Crippen molar-refractivity contribution in [2.75, 3.05) is 25.4 Å². The molecular weight excluding hydrogens is 272 g/mol. The zero-order valence-electron chi connectivity index (χ0n) is 12.3. The van der Waals surface area contributed by atoms with Gasteiger partial charge >= 0.3 is 6.03 Å². The van der Waals surface area contributed by atoms with E-state index in [-0.39, 0.29) is 6.03 Å². The van der Waals surface area contributed by atoms with Gasteiger partial charge in [-0.05, 0) is 25.3 Å². The summed E-state index contributed by atoms with van der Waals surface area (Å²) < 4.78 is 1.92. The van der Waals surface area contributed by atoms with Gasteiger partial charge in [0.1, 0.15) is 0 Å². The predicted octanol–water partition coefficient (Wildman–Crippen LogP) is 2.12. The molecule has 5 nitrogen and oxygen atoms in total. The molecule has 1 aliphatic rings. The Hall–Kier alpha value is -1.17. The van der Waals surface area contributed by atoms with Gasteiger partial charge < -0.3 is 10.2 Å². The van der Waals surface area contributed by atoms with Crippen LogP contribution in [0.1, 0.15) is 25.3 Å². The molecule has 0 saturated carbocycles. The highest BCUT2D eigenvalue weighted by atomic mass is 32.2. The van der Waals surface area contributed by atoms with Gasteiger partial charge in [0.25, 0.3) is 0 Å². The molecule has 1 aromatic heterocycles. The lowest BCUT2D eigenvalue weighted by Gasteiger charge is -2.31. The molecule has 0 bridgehead atoms. The maximum Gasteiger partial charge on any atom is 0.317 e. The Morgan fingerprint density at radius 1 is 1.60 bits per heavy atom. The highest BCUT2D eigenvalue weighted by Gasteiger charge is 2.22. The molecule has 1 fully saturated rings. The SMILES string of the molecule is CC[C@H]1CN(C(=O)NCCCn2cc(C)cn2)CCS1. The normalized spacial score (nSPS) is 19.1. The number of hydrogen-bond donors (Lipinski definition) is 1. The number of nitrogens with zero attached hydrogens (tertiary/aromatic N) is 3. The van der Waals surface area contributed by atoms with Crippen LogP contribution in [0, 0.1) is 6.92 Å². The van der Waals surface area contributed by atoms with Crippen LogP contribution in [0.5, 0.6) is 0 Å². The molecule has 1 N–H and O–H groups in total. The molecule has 1 aromatic rings. The second-order valence-electron chi connectivity index (χ2n) is 5.21. The Kier molecular flexibility index (Phi) is 5.76. The van der Waals surface area contributed by atoms with Crippen LogP contribution >= 0.6 is 11.8 Å². The second-order valence-corrected chi connectivity index (χ2v) is 6.62. The second kappa shape index (κ2) is 7.57. The Morgan fingerprint density at radius 3 is 3.15 bits per heavy atom. The third-order valence-electron chi connectivity index (χ3n) is 3.48. The molecule has 0 aromatic carbocycles. The highest BCUT2D eigenvalue weighted by Crippen LogP contribution is 2.20. The van der Waals surface area contributed by atoms with Crippen LogP contribution in [0.2, 0.25) is 0 Å². The largest absolute Gasteiger partial charge is 0.338 e. The fourth-order valence-corrected chi connectivity index (χ4v) is 3.47. The molecule has 0 unspecified atom stereocenters. The van der Waals surface area contributed by atoms with E-state index < -0.39 is 0 Å². The topological polar surface area (TPSA) is 50.2 Å². The summed E-state index contributed by atoms with van der Waals surface area (Å²) in [5, 5.41) is 7.84. The highest BCUT2D eigenvalue weighted by molar-refractivity contribution is 8.00. The summed E-state index contributed by atoms with van der Waals surface area (Å²) in [6.45, 7) is 7.52. The van der Waals surface area contributed by atoms with Crippen molar-refractivity contribution in [2.24, 2.45) is 0 Å². The summed E-state index contributed by atoms with van der Waals surface area (Å²) in [7, 11) is 0. The van der Waals surface area contributed by atoms with Gasteiger partial charge in [0.05, 0.1) is 6.20 Å². The van der Waals surface area contributed by atoms with Crippen LogP contribution < -0.4 is 5.32 Å². The maximum atomic E-state index is 12.1. The minimum absolute atomic E-state index is 0.0837. The third kappa shape index (κ3) is 4.44. The zero-order chi connectivity index (χ0) is 14.4. The summed E-state index contributed by atoms with van der Waals surface area (Å²) in [4.78, 5) is 14.0. The van der Waals surface area contributed by atoms with Gasteiger partial charge in [-0.1, -0.05) is 6.92 Å². The van der Waals surface area contributed by atoms with E-state index in [1.165, 1.54) is 5.56 Å². The van der Waals surface area contributed by atoms with Gasteiger partial charge in [-0.2, -0.15) is 16.9 Å². The molecule has 0 aliphatic carbocycles. The Balaban J connectivity index is 1.64. The van der Waals surface area contributed by atoms with Gasteiger partial charge in [0, 0.05) is 43.4 Å². The monoisotopic (exact) mass is 296 g/mol. The summed E-state index contributed by atoms with van der Waals surface area (Å²) >= 11 is 1.98. The van der Waals surface area contributed by atoms with Crippen LogP contribution in [0.4, 0.5) is 4.79 Å². The van der Waals surface area contributed by atoms with Gasteiger partial charge in [-0.25, -0.2) is 4.79 Å². The van der Waals surface area contributed by atoms with Crippen molar-refractivity contribution in [3.63, 3.8) is 0 Å². The molecule has 112 valence electrons. The van der Waals surface area contributed by atoms with E-state index in [9.17, 15) is 4.79 Å². The van der Waals surface area contributed by atoms with Crippen molar-refractivity contribution in [1.29, 1.82) is 0 Å². The molecule has 20 heavy (non-hydrogen) atoms. The number of hydrogen-bond acceptors (Lipinski definition) is 3. The van der Waals surface area contributed by atoms with E-state index in [0.717, 1.165) is 38.2 Å². The molecule has 2 rings (SSSR count). The summed E-state index contributed by atoms with van der Waals surface area (Å²) in [5.74, 6) is 1.05. The van der Waals surface area contributed by atoms with Crippen LogP contribution in [0.15, 0.2) is 12.4 Å². The first-order valence-corrected chi connectivity index (χ1v) is 8.37. The van der Waals surface area contributed by atoms with Crippen molar-refractivity contribution >= 4 is 17.8 Å². The molecule has 6 heteroatoms. The number of aryl methyl sites for hydroxylation is 2. The fraction of sp³-hybridized carbons (Fsp3) is 0.714. The van der Waals surface area contributed by atoms with E-state index in [0.29, 0.717) is 11.8 Å². The summed E-state index contributed by atoms with van der Waals surface area (Å²) in [5.41, 5.74) is 1.17. The Bertz CT molecular complexity index is 435. The lowest BCUT2D eigenvalue weighted by molar-refractivity contribution is 0.199. The molecule has 0 spiro atoms. The van der Waals surface area contributed by atoms with Gasteiger partial charge in [0.2, 0.25) is 0 Å². The van der Waals surface area contributed by atoms with Gasteiger partial charge in [-0.15, -0.1) is 0 Å². The first kappa shape index (κ1) is 15.2. The van der Waals surface area contributed by atoms with Crippen molar-refractivity contribution in [1.82, 2.24) is 20.0 Å². The van der Waals surface area contributed by atoms with E-state index in [2.05, 4.69) is 17.3 Å². The Labute approximate surface area is 125 Å². The maximum absolute atomic E-state index is 12.1. The van der Waals surface area contributed by atoms with E-state index in [1.807, 2.05) is 40.7 Å². The number of rotatable bonds is 5.